The first-order valence-corrected chi connectivity index (χ1v) is 16.5. The zero-order valence-electron chi connectivity index (χ0n) is 26.3. The van der Waals surface area contributed by atoms with Crippen molar-refractivity contribution >= 4 is 21.9 Å². The highest BCUT2D eigenvalue weighted by molar-refractivity contribution is 6.09. The number of hydrogen-bond donors (Lipinski definition) is 0. The Bertz CT molecular complexity index is 2500. The van der Waals surface area contributed by atoms with Gasteiger partial charge in [0.2, 0.25) is 0 Å². The Labute approximate surface area is 274 Å². The Hall–Kier alpha value is -5.73. The first-order valence-electron chi connectivity index (χ1n) is 16.5. The molecule has 0 amide bonds. The molecule has 0 N–H and O–H groups in total. The third-order valence-corrected chi connectivity index (χ3v) is 10.5. The summed E-state index contributed by atoms with van der Waals surface area (Å²) in [5, 5.41) is 2.24. The molecule has 0 unspecified atom stereocenters. The lowest BCUT2D eigenvalue weighted by atomic mass is 9.70. The predicted octanol–water partition coefficient (Wildman–Crippen LogP) is 11.8. The van der Waals surface area contributed by atoms with Gasteiger partial charge in [0.15, 0.2) is 0 Å². The predicted molar refractivity (Wildman–Crippen MR) is 193 cm³/mol. The lowest BCUT2D eigenvalue weighted by Crippen LogP contribution is -2.25. The van der Waals surface area contributed by atoms with E-state index in [0.29, 0.717) is 5.92 Å². The van der Waals surface area contributed by atoms with E-state index in [9.17, 15) is 0 Å². The van der Waals surface area contributed by atoms with Gasteiger partial charge in [0.05, 0.1) is 16.8 Å². The van der Waals surface area contributed by atoms with Gasteiger partial charge >= 0.3 is 0 Å². The smallest absolute Gasteiger partial charge is 0.136 e. The zero-order valence-corrected chi connectivity index (χ0v) is 26.3. The van der Waals surface area contributed by atoms with Gasteiger partial charge in [-0.15, -0.1) is 0 Å². The highest BCUT2D eigenvalue weighted by Gasteiger charge is 2.51. The summed E-state index contributed by atoms with van der Waals surface area (Å²) >= 11 is 0. The molecule has 6 aromatic carbocycles. The summed E-state index contributed by atoms with van der Waals surface area (Å²) in [6.07, 6.45) is 0. The van der Waals surface area contributed by atoms with E-state index in [2.05, 4.69) is 159 Å². The molecule has 0 saturated heterocycles. The topological polar surface area (TPSA) is 26.0 Å². The zero-order chi connectivity index (χ0) is 31.3. The van der Waals surface area contributed by atoms with Crippen LogP contribution in [-0.4, -0.2) is 4.98 Å². The van der Waals surface area contributed by atoms with E-state index in [1.807, 2.05) is 0 Å². The van der Waals surface area contributed by atoms with Crippen LogP contribution >= 0.6 is 0 Å². The van der Waals surface area contributed by atoms with E-state index >= 15 is 0 Å². The van der Waals surface area contributed by atoms with E-state index in [4.69, 9.17) is 9.40 Å². The second-order valence-electron chi connectivity index (χ2n) is 13.3. The van der Waals surface area contributed by atoms with Crippen LogP contribution < -0.4 is 0 Å². The number of benzene rings is 6. The van der Waals surface area contributed by atoms with E-state index < -0.39 is 0 Å². The summed E-state index contributed by atoms with van der Waals surface area (Å²) in [7, 11) is 0. The van der Waals surface area contributed by atoms with Gasteiger partial charge in [0, 0.05) is 21.9 Å². The second kappa shape index (κ2) is 9.64. The fourth-order valence-corrected chi connectivity index (χ4v) is 8.32. The molecular formula is C45H31NO. The number of nitrogens with zero attached hydrogens (tertiary/aromatic N) is 1. The molecule has 0 radical (unpaired) electrons. The van der Waals surface area contributed by atoms with Crippen molar-refractivity contribution in [3.63, 3.8) is 0 Å². The molecule has 2 aliphatic carbocycles. The largest absolute Gasteiger partial charge is 0.456 e. The van der Waals surface area contributed by atoms with Crippen LogP contribution in [0.1, 0.15) is 47.6 Å². The molecule has 10 rings (SSSR count). The highest BCUT2D eigenvalue weighted by Crippen LogP contribution is 2.63. The summed E-state index contributed by atoms with van der Waals surface area (Å²) < 4.78 is 6.58. The van der Waals surface area contributed by atoms with Crippen LogP contribution in [0.2, 0.25) is 0 Å². The van der Waals surface area contributed by atoms with Crippen LogP contribution in [-0.2, 0) is 5.41 Å². The minimum Gasteiger partial charge on any atom is -0.456 e. The third-order valence-electron chi connectivity index (χ3n) is 10.5. The van der Waals surface area contributed by atoms with Gasteiger partial charge in [-0.3, -0.25) is 0 Å². The number of hydrogen-bond acceptors (Lipinski definition) is 2. The summed E-state index contributed by atoms with van der Waals surface area (Å²) in [4.78, 5) is 5.12. The van der Waals surface area contributed by atoms with Crippen LogP contribution in [0, 0.1) is 0 Å². The normalized spacial score (nSPS) is 13.7. The van der Waals surface area contributed by atoms with Gasteiger partial charge in [-0.2, -0.15) is 0 Å². The molecule has 0 saturated carbocycles. The Kier molecular flexibility index (Phi) is 5.43. The van der Waals surface area contributed by atoms with Crippen molar-refractivity contribution in [2.75, 3.05) is 0 Å². The number of pyridine rings is 1. The van der Waals surface area contributed by atoms with Gasteiger partial charge in [-0.25, -0.2) is 4.98 Å². The van der Waals surface area contributed by atoms with Crippen molar-refractivity contribution < 1.29 is 4.42 Å². The molecule has 2 aliphatic rings. The summed E-state index contributed by atoms with van der Waals surface area (Å²) in [5.41, 5.74) is 17.4. The van der Waals surface area contributed by atoms with E-state index in [1.165, 1.54) is 50.1 Å². The fraction of sp³-hybridized carbons (Fsp3) is 0.0889. The molecule has 0 fully saturated rings. The fourth-order valence-electron chi connectivity index (χ4n) is 8.32. The summed E-state index contributed by atoms with van der Waals surface area (Å²) in [5.74, 6) is 0.503. The monoisotopic (exact) mass is 601 g/mol. The standard InChI is InChI=1S/C45H31NO/c1-27(2)28-18-20-29(21-19-28)41-16-9-17-42(46-41)30-22-23-43-35(24-30)36-25-40-34(26-44(36)47-43)33-12-5-8-15-39(33)45(40)37-13-6-3-10-31(37)32-11-4-7-14-38(32)45/h3-27H,1-2H3. The van der Waals surface area contributed by atoms with E-state index in [1.54, 1.807) is 0 Å². The van der Waals surface area contributed by atoms with Crippen molar-refractivity contribution in [2.24, 2.45) is 0 Å². The molecule has 2 nitrogen and oxygen atoms in total. The average molecular weight is 602 g/mol. The number of fused-ring (bicyclic) bond motifs is 13. The molecule has 0 aliphatic heterocycles. The number of rotatable bonds is 3. The van der Waals surface area contributed by atoms with Crippen LogP contribution in [0.3, 0.4) is 0 Å². The third kappa shape index (κ3) is 3.58. The van der Waals surface area contributed by atoms with Crippen molar-refractivity contribution in [2.45, 2.75) is 25.2 Å². The van der Waals surface area contributed by atoms with Gasteiger partial charge in [0.25, 0.3) is 0 Å². The van der Waals surface area contributed by atoms with Gasteiger partial charge in [-0.05, 0) is 98.5 Å². The van der Waals surface area contributed by atoms with Crippen LogP contribution in [0.5, 0.6) is 0 Å². The average Bonchev–Trinajstić information content (AvgIpc) is 3.74. The number of aromatic nitrogens is 1. The molecule has 2 heteroatoms. The first kappa shape index (κ1) is 26.5. The minimum atomic E-state index is -0.379. The molecule has 8 aromatic rings. The maximum atomic E-state index is 6.58. The molecule has 1 spiro atoms. The quantitative estimate of drug-likeness (QED) is 0.201. The Morgan fingerprint density at radius 3 is 1.66 bits per heavy atom. The first-order chi connectivity index (χ1) is 23.1. The SMILES string of the molecule is CC(C)c1ccc(-c2cccc(-c3ccc4oc5cc6c(cc5c4c3)C3(c4ccccc4-c4ccccc43)c3ccccc3-6)n2)cc1. The van der Waals surface area contributed by atoms with Gasteiger partial charge in [0.1, 0.15) is 11.2 Å². The Morgan fingerprint density at radius 1 is 0.468 bits per heavy atom. The van der Waals surface area contributed by atoms with Crippen LogP contribution in [0.25, 0.3) is 66.7 Å². The molecule has 2 heterocycles. The van der Waals surface area contributed by atoms with E-state index in [-0.39, 0.29) is 5.41 Å². The molecule has 2 aromatic heterocycles. The van der Waals surface area contributed by atoms with Crippen molar-refractivity contribution in [1.29, 1.82) is 0 Å². The van der Waals surface area contributed by atoms with Crippen LogP contribution in [0.15, 0.2) is 150 Å². The van der Waals surface area contributed by atoms with Gasteiger partial charge < -0.3 is 4.42 Å². The molecule has 47 heavy (non-hydrogen) atoms. The van der Waals surface area contributed by atoms with Gasteiger partial charge in [-0.1, -0.05) is 117 Å². The maximum absolute atomic E-state index is 6.58. The van der Waals surface area contributed by atoms with Crippen LogP contribution in [0.4, 0.5) is 0 Å². The van der Waals surface area contributed by atoms with Crippen molar-refractivity contribution in [1.82, 2.24) is 4.98 Å². The molecule has 0 atom stereocenters. The minimum absolute atomic E-state index is 0.379. The highest BCUT2D eigenvalue weighted by atomic mass is 16.3. The van der Waals surface area contributed by atoms with E-state index in [0.717, 1.165) is 44.5 Å². The molecule has 222 valence electrons. The molecular weight excluding hydrogens is 571 g/mol. The maximum Gasteiger partial charge on any atom is 0.136 e. The molecule has 0 bridgehead atoms. The van der Waals surface area contributed by atoms with Crippen molar-refractivity contribution in [3.05, 3.63) is 173 Å². The number of furan rings is 1. The lowest BCUT2D eigenvalue weighted by Gasteiger charge is -2.30. The second-order valence-corrected chi connectivity index (χ2v) is 13.3. The lowest BCUT2D eigenvalue weighted by molar-refractivity contribution is 0.669. The Balaban J connectivity index is 1.18. The summed E-state index contributed by atoms with van der Waals surface area (Å²) in [6, 6.07) is 53.1. The summed E-state index contributed by atoms with van der Waals surface area (Å²) in [6.45, 7) is 4.45. The Morgan fingerprint density at radius 2 is 1.02 bits per heavy atom. The van der Waals surface area contributed by atoms with Crippen molar-refractivity contribution in [3.8, 4) is 44.8 Å².